The molecule has 1 unspecified atom stereocenters. The maximum atomic E-state index is 11.8. The van der Waals surface area contributed by atoms with E-state index in [1.165, 1.54) is 5.69 Å². The fourth-order valence-corrected chi connectivity index (χ4v) is 2.34. The van der Waals surface area contributed by atoms with E-state index in [9.17, 15) is 4.79 Å². The fraction of sp³-hybridized carbons (Fsp3) is 0.706. The summed E-state index contributed by atoms with van der Waals surface area (Å²) >= 11 is 0. The van der Waals surface area contributed by atoms with E-state index in [1.807, 2.05) is 32.4 Å². The topological polar surface area (TPSA) is 83.3 Å². The number of carbonyl (C=O) groups excluding carboxylic acids is 1. The molecule has 0 aromatic carbocycles. The Labute approximate surface area is 145 Å². The second-order valence-corrected chi connectivity index (χ2v) is 7.32. The van der Waals surface area contributed by atoms with E-state index in [4.69, 9.17) is 0 Å². The zero-order chi connectivity index (χ0) is 18.3. The van der Waals surface area contributed by atoms with E-state index in [-0.39, 0.29) is 18.0 Å². The number of nitrogens with one attached hydrogen (secondary N) is 3. The highest BCUT2D eigenvalue weighted by molar-refractivity contribution is 5.86. The van der Waals surface area contributed by atoms with Crippen molar-refractivity contribution in [3.05, 3.63) is 17.5 Å². The molecule has 0 aliphatic heterocycles. The summed E-state index contributed by atoms with van der Waals surface area (Å²) in [5.74, 6) is 0.949. The van der Waals surface area contributed by atoms with Crippen LogP contribution >= 0.6 is 0 Å². The van der Waals surface area contributed by atoms with Gasteiger partial charge in [-0.3, -0.25) is 14.5 Å². The van der Waals surface area contributed by atoms with Crippen LogP contribution in [0.3, 0.4) is 0 Å². The number of guanidine groups is 1. The molecule has 1 atom stereocenters. The van der Waals surface area contributed by atoms with Crippen molar-refractivity contribution in [3.63, 3.8) is 0 Å². The number of hydrogen-bond donors (Lipinski definition) is 3. The number of carbonyl (C=O) groups is 1. The van der Waals surface area contributed by atoms with Gasteiger partial charge in [0.15, 0.2) is 5.96 Å². The van der Waals surface area contributed by atoms with Crippen molar-refractivity contribution in [2.45, 2.75) is 53.6 Å². The van der Waals surface area contributed by atoms with Gasteiger partial charge in [0, 0.05) is 31.4 Å². The summed E-state index contributed by atoms with van der Waals surface area (Å²) in [7, 11) is 1.70. The molecule has 0 radical (unpaired) electrons. The molecule has 0 bridgehead atoms. The van der Waals surface area contributed by atoms with Crippen LogP contribution < -0.4 is 16.0 Å². The predicted octanol–water partition coefficient (Wildman–Crippen LogP) is 1.22. The van der Waals surface area contributed by atoms with E-state index in [1.54, 1.807) is 7.05 Å². The van der Waals surface area contributed by atoms with Gasteiger partial charge in [0.2, 0.25) is 5.91 Å². The first-order valence-corrected chi connectivity index (χ1v) is 8.37. The SMILES string of the molecule is CN=C(NCC(=O)NC(C)(C)C)NCC(C)Cn1nc(C)cc1C. The van der Waals surface area contributed by atoms with Crippen molar-refractivity contribution in [2.24, 2.45) is 10.9 Å². The third-order valence-electron chi connectivity index (χ3n) is 3.36. The van der Waals surface area contributed by atoms with Crippen LogP contribution in [-0.2, 0) is 11.3 Å². The molecule has 7 nitrogen and oxygen atoms in total. The van der Waals surface area contributed by atoms with Crippen LogP contribution in [0.15, 0.2) is 11.1 Å². The average Bonchev–Trinajstić information content (AvgIpc) is 2.75. The second kappa shape index (κ2) is 8.70. The van der Waals surface area contributed by atoms with Crippen LogP contribution in [0.2, 0.25) is 0 Å². The predicted molar refractivity (Wildman–Crippen MR) is 98.1 cm³/mol. The van der Waals surface area contributed by atoms with Gasteiger partial charge in [0.1, 0.15) is 0 Å². The highest BCUT2D eigenvalue weighted by Crippen LogP contribution is 2.05. The van der Waals surface area contributed by atoms with Crippen LogP contribution in [0.25, 0.3) is 0 Å². The van der Waals surface area contributed by atoms with Gasteiger partial charge in [-0.2, -0.15) is 5.10 Å². The molecule has 136 valence electrons. The normalized spacial score (nSPS) is 13.5. The number of aliphatic imine (C=N–C) groups is 1. The highest BCUT2D eigenvalue weighted by atomic mass is 16.2. The minimum absolute atomic E-state index is 0.0545. The Hall–Kier alpha value is -2.05. The first-order chi connectivity index (χ1) is 11.1. The van der Waals surface area contributed by atoms with Crippen LogP contribution in [-0.4, -0.2) is 47.3 Å². The van der Waals surface area contributed by atoms with Crippen molar-refractivity contribution < 1.29 is 4.79 Å². The number of amides is 1. The zero-order valence-corrected chi connectivity index (χ0v) is 16.0. The molecule has 0 spiro atoms. The van der Waals surface area contributed by atoms with Gasteiger partial charge in [0.25, 0.3) is 0 Å². The minimum Gasteiger partial charge on any atom is -0.356 e. The lowest BCUT2D eigenvalue weighted by atomic mass is 10.1. The molecular weight excluding hydrogens is 304 g/mol. The van der Waals surface area contributed by atoms with Crippen LogP contribution in [0.4, 0.5) is 0 Å². The largest absolute Gasteiger partial charge is 0.356 e. The number of aryl methyl sites for hydroxylation is 2. The first kappa shape index (κ1) is 20.0. The first-order valence-electron chi connectivity index (χ1n) is 8.37. The molecule has 7 heteroatoms. The fourth-order valence-electron chi connectivity index (χ4n) is 2.34. The molecule has 1 aromatic rings. The number of hydrogen-bond acceptors (Lipinski definition) is 3. The Morgan fingerprint density at radius 1 is 1.33 bits per heavy atom. The van der Waals surface area contributed by atoms with E-state index in [0.717, 1.165) is 18.8 Å². The number of nitrogens with zero attached hydrogens (tertiary/aromatic N) is 3. The minimum atomic E-state index is -0.232. The monoisotopic (exact) mass is 336 g/mol. The Kier molecular flexibility index (Phi) is 7.25. The van der Waals surface area contributed by atoms with Crippen molar-refractivity contribution in [2.75, 3.05) is 20.1 Å². The molecular formula is C17H32N6O. The molecule has 1 aromatic heterocycles. The lowest BCUT2D eigenvalue weighted by molar-refractivity contribution is -0.121. The lowest BCUT2D eigenvalue weighted by Crippen LogP contribution is -2.48. The highest BCUT2D eigenvalue weighted by Gasteiger charge is 2.14. The summed E-state index contributed by atoms with van der Waals surface area (Å²) < 4.78 is 2.02. The van der Waals surface area contributed by atoms with Gasteiger partial charge >= 0.3 is 0 Å². The smallest absolute Gasteiger partial charge is 0.239 e. The Bertz CT molecular complexity index is 570. The number of rotatable bonds is 6. The van der Waals surface area contributed by atoms with Gasteiger partial charge < -0.3 is 16.0 Å². The summed E-state index contributed by atoms with van der Waals surface area (Å²) in [6.07, 6.45) is 0. The molecule has 0 aliphatic rings. The molecule has 24 heavy (non-hydrogen) atoms. The van der Waals surface area contributed by atoms with E-state index >= 15 is 0 Å². The Balaban J connectivity index is 2.38. The van der Waals surface area contributed by atoms with Gasteiger partial charge in [-0.15, -0.1) is 0 Å². The summed E-state index contributed by atoms with van der Waals surface area (Å²) in [5, 5.41) is 13.7. The Morgan fingerprint density at radius 3 is 2.50 bits per heavy atom. The van der Waals surface area contributed by atoms with Crippen LogP contribution in [0.1, 0.15) is 39.1 Å². The van der Waals surface area contributed by atoms with Crippen molar-refractivity contribution >= 4 is 11.9 Å². The maximum absolute atomic E-state index is 11.8. The van der Waals surface area contributed by atoms with E-state index in [0.29, 0.717) is 11.9 Å². The van der Waals surface area contributed by atoms with Crippen molar-refractivity contribution in [1.29, 1.82) is 0 Å². The van der Waals surface area contributed by atoms with E-state index < -0.39 is 0 Å². The van der Waals surface area contributed by atoms with Gasteiger partial charge in [-0.25, -0.2) is 0 Å². The van der Waals surface area contributed by atoms with Crippen LogP contribution in [0.5, 0.6) is 0 Å². The summed E-state index contributed by atoms with van der Waals surface area (Å²) in [5.41, 5.74) is 1.97. The van der Waals surface area contributed by atoms with Crippen molar-refractivity contribution in [1.82, 2.24) is 25.7 Å². The lowest BCUT2D eigenvalue weighted by Gasteiger charge is -2.21. The quantitative estimate of drug-likeness (QED) is 0.539. The van der Waals surface area contributed by atoms with Gasteiger partial charge in [0.05, 0.1) is 12.2 Å². The molecule has 0 saturated carbocycles. The van der Waals surface area contributed by atoms with Gasteiger partial charge in [-0.1, -0.05) is 6.92 Å². The van der Waals surface area contributed by atoms with E-state index in [2.05, 4.69) is 46.0 Å². The third-order valence-corrected chi connectivity index (χ3v) is 3.36. The molecule has 0 fully saturated rings. The molecule has 1 heterocycles. The molecule has 1 amide bonds. The summed E-state index contributed by atoms with van der Waals surface area (Å²) in [6, 6.07) is 2.08. The number of aromatic nitrogens is 2. The zero-order valence-electron chi connectivity index (χ0n) is 16.0. The third kappa shape index (κ3) is 7.48. The summed E-state index contributed by atoms with van der Waals surface area (Å²) in [4.78, 5) is 16.0. The second-order valence-electron chi connectivity index (χ2n) is 7.32. The molecule has 0 aliphatic carbocycles. The maximum Gasteiger partial charge on any atom is 0.239 e. The summed E-state index contributed by atoms with van der Waals surface area (Å²) in [6.45, 7) is 13.9. The molecule has 0 saturated heterocycles. The molecule has 1 rings (SSSR count). The van der Waals surface area contributed by atoms with Crippen LogP contribution in [0, 0.1) is 19.8 Å². The van der Waals surface area contributed by atoms with Crippen molar-refractivity contribution in [3.8, 4) is 0 Å². The average molecular weight is 336 g/mol. The van der Waals surface area contributed by atoms with Gasteiger partial charge in [-0.05, 0) is 46.6 Å². The Morgan fingerprint density at radius 2 is 2.00 bits per heavy atom. The molecule has 3 N–H and O–H groups in total. The standard InChI is InChI=1S/C17H32N6O/c1-12(11-23-14(3)8-13(2)22-23)9-19-16(18-7)20-10-15(24)21-17(4,5)6/h8,12H,9-11H2,1-7H3,(H,21,24)(H2,18,19,20).